The van der Waals surface area contributed by atoms with Crippen LogP contribution in [0.5, 0.6) is 0 Å². The van der Waals surface area contributed by atoms with Crippen molar-refractivity contribution in [3.05, 3.63) is 20.3 Å². The first-order chi connectivity index (χ1) is 11.9. The van der Waals surface area contributed by atoms with Crippen LogP contribution in [0.2, 0.25) is 0 Å². The Bertz CT molecular complexity index is 708. The molecule has 1 unspecified atom stereocenters. The van der Waals surface area contributed by atoms with Crippen LogP contribution in [0.4, 0.5) is 10.6 Å². The predicted molar refractivity (Wildman–Crippen MR) is 92.0 cm³/mol. The van der Waals surface area contributed by atoms with Crippen molar-refractivity contribution in [2.24, 2.45) is 0 Å². The topological polar surface area (TPSA) is 143 Å². The number of carbonyl (C=O) groups excluding carboxylic acids is 1. The number of hydrogen-bond acceptors (Lipinski definition) is 8. The molecule has 4 atom stereocenters. The van der Waals surface area contributed by atoms with E-state index in [9.17, 15) is 19.8 Å². The molecule has 2 aliphatic rings. The first-order valence-electron chi connectivity index (χ1n) is 7.79. The lowest BCUT2D eigenvalue weighted by molar-refractivity contribution is -0.0550. The summed E-state index contributed by atoms with van der Waals surface area (Å²) in [7, 11) is 0. The van der Waals surface area contributed by atoms with Gasteiger partial charge in [0.1, 0.15) is 24.4 Å². The number of carbonyl (C=O) groups is 1. The smallest absolute Gasteiger partial charge is 0.413 e. The number of aliphatic hydroxyl groups excluding tert-OH is 3. The van der Waals surface area contributed by atoms with Crippen molar-refractivity contribution in [3.8, 4) is 0 Å². The maximum atomic E-state index is 12.2. The second-order valence-electron chi connectivity index (χ2n) is 5.94. The third-order valence-corrected chi connectivity index (χ3v) is 5.03. The number of rotatable bonds is 4. The summed E-state index contributed by atoms with van der Waals surface area (Å²) in [6.45, 7) is -0.499. The van der Waals surface area contributed by atoms with Gasteiger partial charge in [-0.2, -0.15) is 4.98 Å². The highest BCUT2D eigenvalue weighted by Gasteiger charge is 2.44. The number of amides is 1. The maximum absolute atomic E-state index is 12.2. The highest BCUT2D eigenvalue weighted by molar-refractivity contribution is 14.1. The molecule has 0 radical (unpaired) electrons. The van der Waals surface area contributed by atoms with Crippen LogP contribution < -0.4 is 11.0 Å². The third-order valence-electron chi connectivity index (χ3n) is 4.24. The summed E-state index contributed by atoms with van der Waals surface area (Å²) in [5.74, 6) is 0.0397. The van der Waals surface area contributed by atoms with Crippen LogP contribution in [0.3, 0.4) is 0 Å². The van der Waals surface area contributed by atoms with E-state index in [1.54, 1.807) is 0 Å². The van der Waals surface area contributed by atoms with Gasteiger partial charge >= 0.3 is 11.8 Å². The molecule has 10 nitrogen and oxygen atoms in total. The van der Waals surface area contributed by atoms with Crippen LogP contribution in [-0.2, 0) is 9.47 Å². The number of halogens is 1. The molecule has 0 bridgehead atoms. The summed E-state index contributed by atoms with van der Waals surface area (Å²) in [6, 6.07) is 0. The molecule has 4 N–H and O–H groups in total. The third kappa shape index (κ3) is 3.79. The van der Waals surface area contributed by atoms with E-state index in [1.807, 2.05) is 22.6 Å². The molecule has 1 amide bonds. The zero-order valence-corrected chi connectivity index (χ0v) is 15.2. The van der Waals surface area contributed by atoms with Gasteiger partial charge in [-0.15, -0.1) is 0 Å². The molecule has 1 aromatic heterocycles. The van der Waals surface area contributed by atoms with Crippen molar-refractivity contribution >= 4 is 34.5 Å². The monoisotopic (exact) mass is 467 g/mol. The van der Waals surface area contributed by atoms with Gasteiger partial charge in [0, 0.05) is 6.20 Å². The molecule has 2 fully saturated rings. The minimum Gasteiger partial charge on any atom is -0.446 e. The fourth-order valence-corrected chi connectivity index (χ4v) is 3.15. The first kappa shape index (κ1) is 18.5. The minimum absolute atomic E-state index is 0.0397. The van der Waals surface area contributed by atoms with Gasteiger partial charge in [0.25, 0.3) is 0 Å². The summed E-state index contributed by atoms with van der Waals surface area (Å²) in [5, 5.41) is 31.3. The highest BCUT2D eigenvalue weighted by Crippen LogP contribution is 2.29. The Morgan fingerprint density at radius 3 is 2.72 bits per heavy atom. The second kappa shape index (κ2) is 7.53. The van der Waals surface area contributed by atoms with Gasteiger partial charge in [-0.1, -0.05) is 0 Å². The van der Waals surface area contributed by atoms with Gasteiger partial charge in [0.05, 0.1) is 10.2 Å². The molecular formula is C14H18IN3O7. The van der Waals surface area contributed by atoms with E-state index in [4.69, 9.17) is 14.6 Å². The van der Waals surface area contributed by atoms with Gasteiger partial charge < -0.3 is 24.8 Å². The van der Waals surface area contributed by atoms with Crippen LogP contribution >= 0.6 is 22.6 Å². The molecular weight excluding hydrogens is 449 g/mol. The molecule has 11 heteroatoms. The molecule has 1 saturated carbocycles. The van der Waals surface area contributed by atoms with Crippen LogP contribution in [0, 0.1) is 3.57 Å². The van der Waals surface area contributed by atoms with E-state index in [2.05, 4.69) is 10.3 Å². The van der Waals surface area contributed by atoms with Crippen LogP contribution in [0.25, 0.3) is 0 Å². The lowest BCUT2D eigenvalue weighted by Crippen LogP contribution is -2.36. The Kier molecular flexibility index (Phi) is 5.58. The van der Waals surface area contributed by atoms with Gasteiger partial charge in [0.15, 0.2) is 12.0 Å². The van der Waals surface area contributed by atoms with Crippen molar-refractivity contribution in [3.63, 3.8) is 0 Å². The molecule has 0 spiro atoms. The van der Waals surface area contributed by atoms with Crippen LogP contribution in [-0.4, -0.2) is 62.0 Å². The van der Waals surface area contributed by atoms with E-state index >= 15 is 0 Å². The van der Waals surface area contributed by atoms with Gasteiger partial charge in [-0.05, 0) is 41.9 Å². The summed E-state index contributed by atoms with van der Waals surface area (Å²) in [4.78, 5) is 27.8. The van der Waals surface area contributed by atoms with E-state index in [-0.39, 0.29) is 11.9 Å². The van der Waals surface area contributed by atoms with Crippen molar-refractivity contribution in [1.29, 1.82) is 0 Å². The summed E-state index contributed by atoms with van der Waals surface area (Å²) < 4.78 is 11.9. The number of ether oxygens (including phenoxy) is 2. The largest absolute Gasteiger partial charge is 0.446 e. The zero-order valence-electron chi connectivity index (χ0n) is 13.0. The maximum Gasteiger partial charge on any atom is 0.413 e. The predicted octanol–water partition coefficient (Wildman–Crippen LogP) is -0.440. The zero-order chi connectivity index (χ0) is 18.1. The van der Waals surface area contributed by atoms with Crippen LogP contribution in [0.1, 0.15) is 25.5 Å². The summed E-state index contributed by atoms with van der Waals surface area (Å²) in [6.07, 6.45) is -1.67. The van der Waals surface area contributed by atoms with Gasteiger partial charge in [0.2, 0.25) is 0 Å². The molecule has 1 saturated heterocycles. The Labute approximate surface area is 155 Å². The van der Waals surface area contributed by atoms with Gasteiger partial charge in [-0.3, -0.25) is 9.88 Å². The fraction of sp³-hybridized carbons (Fsp3) is 0.643. The number of nitrogens with one attached hydrogen (secondary N) is 1. The summed E-state index contributed by atoms with van der Waals surface area (Å²) >= 11 is 1.86. The van der Waals surface area contributed by atoms with Gasteiger partial charge in [-0.25, -0.2) is 9.59 Å². The first-order valence-corrected chi connectivity index (χ1v) is 8.87. The van der Waals surface area contributed by atoms with Crippen molar-refractivity contribution < 1.29 is 29.6 Å². The standard InChI is InChI=1S/C14H18IN3O7/c15-7-4-18(12-10(21)9(20)8(5-19)25-12)13(22)16-11(7)17-14(23)24-6-2-1-3-6/h4,6,8-10,12,19-21H,1-3,5H2,(H,16,17,22,23)/t8-,9-,10-,12?/m1/s1. The Morgan fingerprint density at radius 1 is 1.44 bits per heavy atom. The van der Waals surface area contributed by atoms with Crippen molar-refractivity contribution in [2.45, 2.75) is 49.9 Å². The average Bonchev–Trinajstić information content (AvgIpc) is 2.82. The van der Waals surface area contributed by atoms with E-state index in [0.717, 1.165) is 23.8 Å². The molecule has 0 aromatic carbocycles. The number of hydrogen-bond donors (Lipinski definition) is 4. The SMILES string of the molecule is O=C(Nc1nc(=O)n(C2O[C@H](CO)[C@@H](O)[C@H]2O)cc1I)OC1CCC1. The van der Waals surface area contributed by atoms with E-state index in [1.165, 1.54) is 6.20 Å². The molecule has 1 aliphatic heterocycles. The molecule has 25 heavy (non-hydrogen) atoms. The van der Waals surface area contributed by atoms with Crippen molar-refractivity contribution in [2.75, 3.05) is 11.9 Å². The van der Waals surface area contributed by atoms with E-state index < -0.39 is 42.9 Å². The number of anilines is 1. The quantitative estimate of drug-likeness (QED) is 0.437. The summed E-state index contributed by atoms with van der Waals surface area (Å²) in [5.41, 5.74) is -0.783. The highest BCUT2D eigenvalue weighted by atomic mass is 127. The van der Waals surface area contributed by atoms with Crippen molar-refractivity contribution in [1.82, 2.24) is 9.55 Å². The molecule has 1 aliphatic carbocycles. The molecule has 1 aromatic rings. The van der Waals surface area contributed by atoms with E-state index in [0.29, 0.717) is 3.57 Å². The normalized spacial score (nSPS) is 29.3. The average molecular weight is 467 g/mol. The molecule has 138 valence electrons. The lowest BCUT2D eigenvalue weighted by Gasteiger charge is -2.25. The number of nitrogens with zero attached hydrogens (tertiary/aromatic N) is 2. The Hall–Kier alpha value is -1.28. The molecule has 2 heterocycles. The Morgan fingerprint density at radius 2 is 2.16 bits per heavy atom. The minimum atomic E-state index is -1.39. The second-order valence-corrected chi connectivity index (χ2v) is 7.10. The molecule has 3 rings (SSSR count). The lowest BCUT2D eigenvalue weighted by atomic mass is 9.96. The number of aromatic nitrogens is 2. The fourth-order valence-electron chi connectivity index (χ4n) is 2.59. The number of aliphatic hydroxyl groups is 3. The van der Waals surface area contributed by atoms with Crippen LogP contribution in [0.15, 0.2) is 11.0 Å². The Balaban J connectivity index is 1.76.